The number of carboxylic acid groups (broad SMARTS) is 1. The minimum atomic E-state index is -1.54. The number of hydrogen-bond acceptors (Lipinski definition) is 7. The summed E-state index contributed by atoms with van der Waals surface area (Å²) in [6.07, 6.45) is 2.13. The predicted octanol–water partition coefficient (Wildman–Crippen LogP) is 0.140. The standard InChI is InChI=1S/C9H4N6O4/c10-3-5-1-2-11-9(12-5)14-4-6(15(18)19)7(13-14)8(16)17/h1-2,4H,(H,16,17). The lowest BCUT2D eigenvalue weighted by atomic mass is 10.4. The number of nitriles is 1. The SMILES string of the molecule is N#Cc1ccnc(-n2cc([N+](=O)[O-])c(C(=O)O)n2)n1. The van der Waals surface area contributed by atoms with E-state index < -0.39 is 22.3 Å². The molecule has 0 fully saturated rings. The number of aromatic carboxylic acids is 1. The van der Waals surface area contributed by atoms with Crippen LogP contribution >= 0.6 is 0 Å². The highest BCUT2D eigenvalue weighted by Gasteiger charge is 2.26. The number of carbonyl (C=O) groups is 1. The molecule has 0 amide bonds. The highest BCUT2D eigenvalue weighted by molar-refractivity contribution is 5.89. The molecule has 2 heterocycles. The first-order valence-corrected chi connectivity index (χ1v) is 4.74. The lowest BCUT2D eigenvalue weighted by Crippen LogP contribution is -2.05. The Balaban J connectivity index is 2.57. The van der Waals surface area contributed by atoms with Gasteiger partial charge in [0.2, 0.25) is 5.69 Å². The van der Waals surface area contributed by atoms with Gasteiger partial charge in [0.25, 0.3) is 5.95 Å². The Morgan fingerprint density at radius 2 is 2.32 bits per heavy atom. The number of nitro groups is 1. The van der Waals surface area contributed by atoms with Crippen molar-refractivity contribution in [2.45, 2.75) is 0 Å². The summed E-state index contributed by atoms with van der Waals surface area (Å²) in [6, 6.07) is 3.09. The van der Waals surface area contributed by atoms with Gasteiger partial charge in [0, 0.05) is 6.20 Å². The third kappa shape index (κ3) is 2.20. The van der Waals surface area contributed by atoms with Crippen LogP contribution < -0.4 is 0 Å². The van der Waals surface area contributed by atoms with Crippen molar-refractivity contribution in [1.29, 1.82) is 5.26 Å². The van der Waals surface area contributed by atoms with Gasteiger partial charge in [0.15, 0.2) is 0 Å². The molecule has 2 rings (SSSR count). The van der Waals surface area contributed by atoms with E-state index in [9.17, 15) is 14.9 Å². The molecule has 10 heteroatoms. The molecule has 0 radical (unpaired) electrons. The van der Waals surface area contributed by atoms with Crippen molar-refractivity contribution >= 4 is 11.7 Å². The second-order valence-electron chi connectivity index (χ2n) is 3.22. The van der Waals surface area contributed by atoms with Crippen LogP contribution in [0.2, 0.25) is 0 Å². The molecule has 0 saturated carbocycles. The van der Waals surface area contributed by atoms with Crippen molar-refractivity contribution in [1.82, 2.24) is 19.7 Å². The molecule has 0 aromatic carbocycles. The summed E-state index contributed by atoms with van der Waals surface area (Å²) < 4.78 is 0.836. The van der Waals surface area contributed by atoms with Crippen LogP contribution in [-0.2, 0) is 0 Å². The summed E-state index contributed by atoms with van der Waals surface area (Å²) in [6.45, 7) is 0. The van der Waals surface area contributed by atoms with Crippen molar-refractivity contribution in [2.24, 2.45) is 0 Å². The quantitative estimate of drug-likeness (QED) is 0.605. The summed E-state index contributed by atoms with van der Waals surface area (Å²) in [5.41, 5.74) is -1.38. The van der Waals surface area contributed by atoms with Crippen molar-refractivity contribution < 1.29 is 14.8 Å². The minimum absolute atomic E-state index is 0.0278. The molecule has 0 bridgehead atoms. The second-order valence-corrected chi connectivity index (χ2v) is 3.22. The topological polar surface area (TPSA) is 148 Å². The molecule has 0 aliphatic rings. The molecule has 0 aliphatic carbocycles. The normalized spacial score (nSPS) is 9.84. The molecule has 2 aromatic heterocycles. The number of carboxylic acids is 1. The number of hydrogen-bond donors (Lipinski definition) is 1. The molecule has 0 unspecified atom stereocenters. The van der Waals surface area contributed by atoms with Gasteiger partial charge in [-0.2, -0.15) is 15.0 Å². The largest absolute Gasteiger partial charge is 0.476 e. The molecule has 2 aromatic rings. The maximum Gasteiger partial charge on any atom is 0.363 e. The molecule has 0 spiro atoms. The lowest BCUT2D eigenvalue weighted by Gasteiger charge is -1.96. The molecule has 1 N–H and O–H groups in total. The summed E-state index contributed by atoms with van der Waals surface area (Å²) in [5, 5.41) is 31.7. The Kier molecular flexibility index (Phi) is 2.86. The molecule has 0 aliphatic heterocycles. The summed E-state index contributed by atoms with van der Waals surface area (Å²) >= 11 is 0. The van der Waals surface area contributed by atoms with Crippen molar-refractivity contribution in [3.05, 3.63) is 40.0 Å². The van der Waals surface area contributed by atoms with Gasteiger partial charge in [-0.05, 0) is 6.07 Å². The lowest BCUT2D eigenvalue weighted by molar-refractivity contribution is -0.385. The first-order valence-electron chi connectivity index (χ1n) is 4.74. The smallest absolute Gasteiger partial charge is 0.363 e. The zero-order valence-electron chi connectivity index (χ0n) is 9.09. The van der Waals surface area contributed by atoms with Crippen LogP contribution in [0.3, 0.4) is 0 Å². The van der Waals surface area contributed by atoms with E-state index in [0.29, 0.717) is 0 Å². The van der Waals surface area contributed by atoms with Crippen LogP contribution in [0.1, 0.15) is 16.2 Å². The average Bonchev–Trinajstić information content (AvgIpc) is 2.84. The van der Waals surface area contributed by atoms with Gasteiger partial charge in [0.05, 0.1) is 4.92 Å². The second kappa shape index (κ2) is 4.49. The zero-order valence-corrected chi connectivity index (χ0v) is 9.09. The molecular formula is C9H4N6O4. The highest BCUT2D eigenvalue weighted by Crippen LogP contribution is 2.18. The van der Waals surface area contributed by atoms with E-state index >= 15 is 0 Å². The Labute approximate surface area is 104 Å². The first-order chi connectivity index (χ1) is 9.02. The Hall–Kier alpha value is -3.35. The Morgan fingerprint density at radius 3 is 2.84 bits per heavy atom. The van der Waals surface area contributed by atoms with Crippen LogP contribution in [-0.4, -0.2) is 35.7 Å². The van der Waals surface area contributed by atoms with Gasteiger partial charge in [-0.1, -0.05) is 0 Å². The first kappa shape index (κ1) is 12.1. The van der Waals surface area contributed by atoms with E-state index in [4.69, 9.17) is 10.4 Å². The highest BCUT2D eigenvalue weighted by atomic mass is 16.6. The Morgan fingerprint density at radius 1 is 1.58 bits per heavy atom. The summed E-state index contributed by atoms with van der Waals surface area (Å²) in [7, 11) is 0. The van der Waals surface area contributed by atoms with Crippen molar-refractivity contribution in [3.8, 4) is 12.0 Å². The van der Waals surface area contributed by atoms with Crippen LogP contribution in [0.25, 0.3) is 5.95 Å². The predicted molar refractivity (Wildman–Crippen MR) is 57.5 cm³/mol. The van der Waals surface area contributed by atoms with Crippen LogP contribution in [0.4, 0.5) is 5.69 Å². The van der Waals surface area contributed by atoms with E-state index in [-0.39, 0.29) is 11.6 Å². The molecular weight excluding hydrogens is 256 g/mol. The average molecular weight is 260 g/mol. The van der Waals surface area contributed by atoms with Crippen molar-refractivity contribution in [3.63, 3.8) is 0 Å². The van der Waals surface area contributed by atoms with Gasteiger partial charge < -0.3 is 5.11 Å². The van der Waals surface area contributed by atoms with E-state index in [2.05, 4.69) is 15.1 Å². The van der Waals surface area contributed by atoms with Gasteiger partial charge in [-0.3, -0.25) is 10.1 Å². The Bertz CT molecular complexity index is 684. The maximum atomic E-state index is 10.8. The third-order valence-electron chi connectivity index (χ3n) is 2.06. The van der Waals surface area contributed by atoms with Gasteiger partial charge in [-0.25, -0.2) is 14.8 Å². The van der Waals surface area contributed by atoms with Gasteiger partial charge >= 0.3 is 11.7 Å². The van der Waals surface area contributed by atoms with Crippen LogP contribution in [0.5, 0.6) is 0 Å². The van der Waals surface area contributed by atoms with E-state index in [1.807, 2.05) is 0 Å². The number of nitrogens with zero attached hydrogens (tertiary/aromatic N) is 6. The van der Waals surface area contributed by atoms with E-state index in [0.717, 1.165) is 10.9 Å². The molecule has 0 saturated heterocycles. The fourth-order valence-electron chi connectivity index (χ4n) is 1.27. The third-order valence-corrected chi connectivity index (χ3v) is 2.06. The fourth-order valence-corrected chi connectivity index (χ4v) is 1.27. The molecule has 10 nitrogen and oxygen atoms in total. The fraction of sp³-hybridized carbons (Fsp3) is 0. The number of rotatable bonds is 3. The zero-order chi connectivity index (χ0) is 14.0. The summed E-state index contributed by atoms with van der Waals surface area (Å²) in [4.78, 5) is 28.1. The van der Waals surface area contributed by atoms with Crippen molar-refractivity contribution in [2.75, 3.05) is 0 Å². The number of aromatic nitrogens is 4. The van der Waals surface area contributed by atoms with Crippen LogP contribution in [0.15, 0.2) is 18.5 Å². The summed E-state index contributed by atoms with van der Waals surface area (Å²) in [5.74, 6) is -1.67. The monoisotopic (exact) mass is 260 g/mol. The van der Waals surface area contributed by atoms with Gasteiger partial charge in [-0.15, -0.1) is 0 Å². The van der Waals surface area contributed by atoms with E-state index in [1.165, 1.54) is 12.3 Å². The molecule has 0 atom stereocenters. The minimum Gasteiger partial charge on any atom is -0.476 e. The van der Waals surface area contributed by atoms with Crippen LogP contribution in [0, 0.1) is 21.4 Å². The molecule has 19 heavy (non-hydrogen) atoms. The maximum absolute atomic E-state index is 10.8. The molecule has 94 valence electrons. The van der Waals surface area contributed by atoms with E-state index in [1.54, 1.807) is 6.07 Å². The van der Waals surface area contributed by atoms with Gasteiger partial charge in [0.1, 0.15) is 18.0 Å².